The van der Waals surface area contributed by atoms with Crippen molar-refractivity contribution >= 4 is 11.8 Å². The van der Waals surface area contributed by atoms with E-state index in [0.29, 0.717) is 35.8 Å². The van der Waals surface area contributed by atoms with E-state index in [1.807, 2.05) is 49.4 Å². The van der Waals surface area contributed by atoms with Crippen molar-refractivity contribution < 1.29 is 23.8 Å². The summed E-state index contributed by atoms with van der Waals surface area (Å²) in [6.45, 7) is 4.65. The molecule has 5 heteroatoms. The molecule has 166 valence electrons. The number of hydrogen-bond acceptors (Lipinski definition) is 5. The first-order chi connectivity index (χ1) is 15.6. The summed E-state index contributed by atoms with van der Waals surface area (Å²) in [7, 11) is 0. The topological polar surface area (TPSA) is 61.8 Å². The highest BCUT2D eigenvalue weighted by Crippen LogP contribution is 2.29. The average Bonchev–Trinajstić information content (AvgIpc) is 2.84. The van der Waals surface area contributed by atoms with Crippen LogP contribution in [0.3, 0.4) is 0 Å². The zero-order chi connectivity index (χ0) is 22.8. The molecule has 0 saturated heterocycles. The van der Waals surface area contributed by atoms with Gasteiger partial charge in [0.15, 0.2) is 23.9 Å². The number of carbonyl (C=O) groups excluding carboxylic acids is 2. The fourth-order valence-electron chi connectivity index (χ4n) is 3.13. The smallest absolute Gasteiger partial charge is 0.338 e. The van der Waals surface area contributed by atoms with Crippen molar-refractivity contribution in [2.75, 3.05) is 19.8 Å². The van der Waals surface area contributed by atoms with Crippen LogP contribution in [-0.2, 0) is 4.74 Å². The number of ether oxygens (including phenoxy) is 3. The summed E-state index contributed by atoms with van der Waals surface area (Å²) in [6.07, 6.45) is 1.96. The molecule has 3 aromatic rings. The maximum Gasteiger partial charge on any atom is 0.338 e. The van der Waals surface area contributed by atoms with Crippen LogP contribution in [0.15, 0.2) is 72.8 Å². The highest BCUT2D eigenvalue weighted by atomic mass is 16.5. The third-order valence-corrected chi connectivity index (χ3v) is 4.88. The fourth-order valence-corrected chi connectivity index (χ4v) is 3.13. The summed E-state index contributed by atoms with van der Waals surface area (Å²) in [4.78, 5) is 25.0. The van der Waals surface area contributed by atoms with Crippen LogP contribution in [0, 0.1) is 0 Å². The molecular formula is C27H28O5. The molecule has 0 saturated carbocycles. The molecule has 0 radical (unpaired) electrons. The van der Waals surface area contributed by atoms with Crippen molar-refractivity contribution in [1.82, 2.24) is 0 Å². The summed E-state index contributed by atoms with van der Waals surface area (Å²) >= 11 is 0. The van der Waals surface area contributed by atoms with E-state index in [2.05, 4.69) is 6.92 Å². The van der Waals surface area contributed by atoms with Crippen molar-refractivity contribution in [3.8, 4) is 22.6 Å². The lowest BCUT2D eigenvalue weighted by Gasteiger charge is -2.13. The summed E-state index contributed by atoms with van der Waals surface area (Å²) < 4.78 is 16.6. The van der Waals surface area contributed by atoms with E-state index < -0.39 is 5.97 Å². The molecule has 32 heavy (non-hydrogen) atoms. The Kier molecular flexibility index (Phi) is 8.44. The van der Waals surface area contributed by atoms with Gasteiger partial charge in [0.25, 0.3) is 0 Å². The summed E-state index contributed by atoms with van der Waals surface area (Å²) in [5.74, 6) is 0.232. The molecule has 0 spiro atoms. The molecule has 0 bridgehead atoms. The Hall–Kier alpha value is -3.60. The standard InChI is InChI=1S/C27H28O5/c1-3-5-17-31-25-16-15-23(18-26(25)30-4-2)27(29)32-19-24(28)22-13-11-21(12-14-22)20-9-7-6-8-10-20/h6-16,18H,3-5,17,19H2,1-2H3. The summed E-state index contributed by atoms with van der Waals surface area (Å²) in [5, 5.41) is 0. The van der Waals surface area contributed by atoms with Crippen LogP contribution in [0.25, 0.3) is 11.1 Å². The average molecular weight is 433 g/mol. The van der Waals surface area contributed by atoms with Gasteiger partial charge in [0.05, 0.1) is 18.8 Å². The first kappa shape index (κ1) is 23.1. The molecule has 3 aromatic carbocycles. The third kappa shape index (κ3) is 6.20. The van der Waals surface area contributed by atoms with E-state index in [-0.39, 0.29) is 12.4 Å². The number of Topliss-reactive ketones (excluding diaryl/α,β-unsaturated/α-hetero) is 1. The second kappa shape index (κ2) is 11.7. The van der Waals surface area contributed by atoms with E-state index in [1.165, 1.54) is 0 Å². The van der Waals surface area contributed by atoms with Crippen molar-refractivity contribution in [2.24, 2.45) is 0 Å². The van der Waals surface area contributed by atoms with E-state index in [4.69, 9.17) is 14.2 Å². The number of ketones is 1. The predicted molar refractivity (Wildman–Crippen MR) is 125 cm³/mol. The molecule has 3 rings (SSSR count). The zero-order valence-electron chi connectivity index (χ0n) is 18.5. The maximum atomic E-state index is 12.5. The second-order valence-corrected chi connectivity index (χ2v) is 7.24. The Morgan fingerprint density at radius 2 is 1.44 bits per heavy atom. The van der Waals surface area contributed by atoms with E-state index in [9.17, 15) is 9.59 Å². The van der Waals surface area contributed by atoms with Gasteiger partial charge in [-0.2, -0.15) is 0 Å². The Labute approximate surface area is 188 Å². The monoisotopic (exact) mass is 432 g/mol. The molecule has 5 nitrogen and oxygen atoms in total. The van der Waals surface area contributed by atoms with Gasteiger partial charge < -0.3 is 14.2 Å². The van der Waals surface area contributed by atoms with Crippen LogP contribution in [0.5, 0.6) is 11.5 Å². The lowest BCUT2D eigenvalue weighted by atomic mass is 10.0. The van der Waals surface area contributed by atoms with Crippen LogP contribution < -0.4 is 9.47 Å². The van der Waals surface area contributed by atoms with Crippen LogP contribution in [0.4, 0.5) is 0 Å². The van der Waals surface area contributed by atoms with Crippen LogP contribution in [-0.4, -0.2) is 31.6 Å². The van der Waals surface area contributed by atoms with Gasteiger partial charge in [-0.25, -0.2) is 4.79 Å². The molecule has 0 atom stereocenters. The van der Waals surface area contributed by atoms with Crippen LogP contribution in [0.2, 0.25) is 0 Å². The Balaban J connectivity index is 1.60. The van der Waals surface area contributed by atoms with Gasteiger partial charge in [0.2, 0.25) is 0 Å². The molecule has 0 aliphatic carbocycles. The molecule has 0 amide bonds. The molecule has 0 aliphatic rings. The Morgan fingerprint density at radius 3 is 2.12 bits per heavy atom. The fraction of sp³-hybridized carbons (Fsp3) is 0.259. The van der Waals surface area contributed by atoms with Crippen LogP contribution in [0.1, 0.15) is 47.4 Å². The lowest BCUT2D eigenvalue weighted by molar-refractivity contribution is 0.0474. The van der Waals surface area contributed by atoms with Crippen molar-refractivity contribution in [3.05, 3.63) is 83.9 Å². The van der Waals surface area contributed by atoms with Gasteiger partial charge >= 0.3 is 5.97 Å². The van der Waals surface area contributed by atoms with Crippen molar-refractivity contribution in [2.45, 2.75) is 26.7 Å². The minimum absolute atomic E-state index is 0.262. The van der Waals surface area contributed by atoms with Crippen molar-refractivity contribution in [1.29, 1.82) is 0 Å². The quantitative estimate of drug-likeness (QED) is 0.212. The first-order valence-corrected chi connectivity index (χ1v) is 10.9. The van der Waals surface area contributed by atoms with E-state index in [0.717, 1.165) is 24.0 Å². The molecule has 0 N–H and O–H groups in total. The number of benzene rings is 3. The molecule has 0 aliphatic heterocycles. The Morgan fingerprint density at radius 1 is 0.750 bits per heavy atom. The van der Waals surface area contributed by atoms with Crippen LogP contribution >= 0.6 is 0 Å². The molecule has 0 fully saturated rings. The summed E-state index contributed by atoms with van der Waals surface area (Å²) in [5.41, 5.74) is 2.89. The SMILES string of the molecule is CCCCOc1ccc(C(=O)OCC(=O)c2ccc(-c3ccccc3)cc2)cc1OCC. The van der Waals surface area contributed by atoms with E-state index >= 15 is 0 Å². The van der Waals surface area contributed by atoms with Gasteiger partial charge in [-0.05, 0) is 42.7 Å². The van der Waals surface area contributed by atoms with Gasteiger partial charge in [0.1, 0.15) is 0 Å². The zero-order valence-corrected chi connectivity index (χ0v) is 18.5. The minimum atomic E-state index is -0.583. The Bertz CT molecular complexity index is 1030. The number of hydrogen-bond donors (Lipinski definition) is 0. The minimum Gasteiger partial charge on any atom is -0.490 e. The number of rotatable bonds is 11. The van der Waals surface area contributed by atoms with Gasteiger partial charge in [-0.3, -0.25) is 4.79 Å². The van der Waals surface area contributed by atoms with Gasteiger partial charge in [0, 0.05) is 5.56 Å². The molecule has 0 aromatic heterocycles. The first-order valence-electron chi connectivity index (χ1n) is 10.9. The molecule has 0 heterocycles. The number of unbranched alkanes of at least 4 members (excludes halogenated alkanes) is 1. The number of esters is 1. The second-order valence-electron chi connectivity index (χ2n) is 7.24. The normalized spacial score (nSPS) is 10.4. The van der Waals surface area contributed by atoms with Gasteiger partial charge in [-0.1, -0.05) is 67.9 Å². The predicted octanol–water partition coefficient (Wildman–Crippen LogP) is 5.97. The molecule has 0 unspecified atom stereocenters. The third-order valence-electron chi connectivity index (χ3n) is 4.88. The summed E-state index contributed by atoms with van der Waals surface area (Å²) in [6, 6.07) is 22.1. The lowest BCUT2D eigenvalue weighted by Crippen LogP contribution is -2.14. The van der Waals surface area contributed by atoms with E-state index in [1.54, 1.807) is 30.3 Å². The number of carbonyl (C=O) groups is 2. The maximum absolute atomic E-state index is 12.5. The van der Waals surface area contributed by atoms with Gasteiger partial charge in [-0.15, -0.1) is 0 Å². The molecular weight excluding hydrogens is 404 g/mol. The highest BCUT2D eigenvalue weighted by Gasteiger charge is 2.15. The van der Waals surface area contributed by atoms with Crippen molar-refractivity contribution in [3.63, 3.8) is 0 Å². The highest BCUT2D eigenvalue weighted by molar-refractivity contribution is 5.99. The largest absolute Gasteiger partial charge is 0.490 e.